The maximum absolute atomic E-state index is 11.0. The van der Waals surface area contributed by atoms with Crippen molar-refractivity contribution in [2.45, 2.75) is 0 Å². The second-order valence-electron chi connectivity index (χ2n) is 3.56. The molecule has 0 unspecified atom stereocenters. The molecule has 0 saturated carbocycles. The van der Waals surface area contributed by atoms with Gasteiger partial charge in [-0.15, -0.1) is 0 Å². The van der Waals surface area contributed by atoms with E-state index in [-0.39, 0.29) is 5.76 Å². The molecule has 2 aromatic heterocycles. The fourth-order valence-electron chi connectivity index (χ4n) is 1.79. The lowest BCUT2D eigenvalue weighted by atomic mass is 10.2. The van der Waals surface area contributed by atoms with E-state index in [9.17, 15) is 4.79 Å². The van der Waals surface area contributed by atoms with Gasteiger partial charge in [0.2, 0.25) is 5.76 Å². The van der Waals surface area contributed by atoms with Gasteiger partial charge < -0.3 is 9.52 Å². The second kappa shape index (κ2) is 3.48. The zero-order chi connectivity index (χ0) is 11.8. The standard InChI is InChI=1S/C12H8N2O3/c15-12(16)11-10(5-6-17-11)14-9-4-2-1-3-8(9)7-13-14/h1-7H,(H,15,16). The van der Waals surface area contributed by atoms with E-state index >= 15 is 0 Å². The van der Waals surface area contributed by atoms with Gasteiger partial charge in [0.25, 0.3) is 0 Å². The molecule has 1 N–H and O–H groups in total. The number of hydrogen-bond acceptors (Lipinski definition) is 3. The highest BCUT2D eigenvalue weighted by Gasteiger charge is 2.17. The Hall–Kier alpha value is -2.56. The van der Waals surface area contributed by atoms with Crippen LogP contribution in [-0.4, -0.2) is 20.9 Å². The van der Waals surface area contributed by atoms with Crippen molar-refractivity contribution in [1.29, 1.82) is 0 Å². The number of rotatable bonds is 2. The molecule has 17 heavy (non-hydrogen) atoms. The number of furan rings is 1. The maximum atomic E-state index is 11.0. The van der Waals surface area contributed by atoms with Gasteiger partial charge in [0.15, 0.2) is 0 Å². The maximum Gasteiger partial charge on any atom is 0.374 e. The monoisotopic (exact) mass is 228 g/mol. The van der Waals surface area contributed by atoms with Crippen molar-refractivity contribution in [3.63, 3.8) is 0 Å². The lowest BCUT2D eigenvalue weighted by Gasteiger charge is -2.00. The zero-order valence-corrected chi connectivity index (χ0v) is 8.70. The highest BCUT2D eigenvalue weighted by molar-refractivity contribution is 5.90. The van der Waals surface area contributed by atoms with Gasteiger partial charge in [0.05, 0.1) is 18.0 Å². The minimum absolute atomic E-state index is 0.112. The van der Waals surface area contributed by atoms with Crippen molar-refractivity contribution >= 4 is 16.9 Å². The molecule has 0 radical (unpaired) electrons. The van der Waals surface area contributed by atoms with Gasteiger partial charge >= 0.3 is 5.97 Å². The topological polar surface area (TPSA) is 68.3 Å². The molecule has 1 aromatic carbocycles. The van der Waals surface area contributed by atoms with Crippen LogP contribution in [0.4, 0.5) is 0 Å². The molecular formula is C12H8N2O3. The number of aromatic carboxylic acids is 1. The van der Waals surface area contributed by atoms with Crippen LogP contribution in [0.15, 0.2) is 47.2 Å². The third-order valence-electron chi connectivity index (χ3n) is 2.54. The first-order valence-electron chi connectivity index (χ1n) is 5.01. The number of carboxylic acids is 1. The van der Waals surface area contributed by atoms with Gasteiger partial charge in [-0.25, -0.2) is 9.48 Å². The van der Waals surface area contributed by atoms with Gasteiger partial charge in [0, 0.05) is 11.5 Å². The largest absolute Gasteiger partial charge is 0.475 e. The molecule has 0 aliphatic heterocycles. The smallest absolute Gasteiger partial charge is 0.374 e. The number of fused-ring (bicyclic) bond motifs is 1. The number of para-hydroxylation sites is 1. The molecule has 2 heterocycles. The number of aromatic nitrogens is 2. The van der Waals surface area contributed by atoms with Crippen molar-refractivity contribution in [3.05, 3.63) is 48.6 Å². The molecule has 0 bridgehead atoms. The average molecular weight is 228 g/mol. The summed E-state index contributed by atoms with van der Waals surface area (Å²) in [5.41, 5.74) is 1.27. The average Bonchev–Trinajstić information content (AvgIpc) is 2.94. The number of benzene rings is 1. The molecule has 3 rings (SSSR count). The minimum Gasteiger partial charge on any atom is -0.475 e. The first-order valence-corrected chi connectivity index (χ1v) is 5.01. The molecule has 84 valence electrons. The predicted octanol–water partition coefficient (Wildman–Crippen LogP) is 2.32. The van der Waals surface area contributed by atoms with Crippen molar-refractivity contribution < 1.29 is 14.3 Å². The molecule has 3 aromatic rings. The molecule has 0 amide bonds. The van der Waals surface area contributed by atoms with Crippen molar-refractivity contribution in [1.82, 2.24) is 9.78 Å². The van der Waals surface area contributed by atoms with Gasteiger partial charge in [0.1, 0.15) is 5.69 Å². The molecule has 5 heteroatoms. The Bertz CT molecular complexity index is 696. The van der Waals surface area contributed by atoms with E-state index in [1.807, 2.05) is 24.3 Å². The van der Waals surface area contributed by atoms with Gasteiger partial charge in [-0.1, -0.05) is 18.2 Å². The van der Waals surface area contributed by atoms with Crippen LogP contribution in [0.25, 0.3) is 16.6 Å². The van der Waals surface area contributed by atoms with Gasteiger partial charge in [-0.3, -0.25) is 0 Å². The zero-order valence-electron chi connectivity index (χ0n) is 8.70. The Morgan fingerprint density at radius 1 is 1.29 bits per heavy atom. The summed E-state index contributed by atoms with van der Waals surface area (Å²) < 4.78 is 6.50. The van der Waals surface area contributed by atoms with E-state index in [1.54, 1.807) is 16.9 Å². The van der Waals surface area contributed by atoms with Crippen molar-refractivity contribution in [2.24, 2.45) is 0 Å². The van der Waals surface area contributed by atoms with Crippen LogP contribution in [0, 0.1) is 0 Å². The van der Waals surface area contributed by atoms with Crippen LogP contribution in [-0.2, 0) is 0 Å². The summed E-state index contributed by atoms with van der Waals surface area (Å²) in [6, 6.07) is 9.16. The van der Waals surface area contributed by atoms with E-state index in [4.69, 9.17) is 9.52 Å². The Balaban J connectivity index is 2.28. The normalized spacial score (nSPS) is 10.8. The Kier molecular flexibility index (Phi) is 1.98. The van der Waals surface area contributed by atoms with Crippen LogP contribution in [0.5, 0.6) is 0 Å². The highest BCUT2D eigenvalue weighted by atomic mass is 16.4. The lowest BCUT2D eigenvalue weighted by molar-refractivity contribution is 0.0662. The molecule has 0 aliphatic rings. The molecule has 0 fully saturated rings. The molecule has 5 nitrogen and oxygen atoms in total. The summed E-state index contributed by atoms with van der Waals surface area (Å²) >= 11 is 0. The van der Waals surface area contributed by atoms with Crippen LogP contribution < -0.4 is 0 Å². The SMILES string of the molecule is O=C(O)c1occc1-n1ncc2ccccc21. The third-order valence-corrected chi connectivity index (χ3v) is 2.54. The third kappa shape index (κ3) is 1.40. The summed E-state index contributed by atoms with van der Waals surface area (Å²) in [7, 11) is 0. The Morgan fingerprint density at radius 3 is 2.94 bits per heavy atom. The summed E-state index contributed by atoms with van der Waals surface area (Å²) in [6.07, 6.45) is 3.03. The first kappa shape index (κ1) is 9.65. The Labute approximate surface area is 95.9 Å². The quantitative estimate of drug-likeness (QED) is 0.730. The van der Waals surface area contributed by atoms with Crippen molar-refractivity contribution in [2.75, 3.05) is 0 Å². The minimum atomic E-state index is -1.11. The van der Waals surface area contributed by atoms with Crippen LogP contribution in [0.1, 0.15) is 10.6 Å². The molecule has 0 spiro atoms. The highest BCUT2D eigenvalue weighted by Crippen LogP contribution is 2.21. The molecular weight excluding hydrogens is 220 g/mol. The summed E-state index contributed by atoms with van der Waals surface area (Å²) in [6.45, 7) is 0. The molecule has 0 saturated heterocycles. The fourth-order valence-corrected chi connectivity index (χ4v) is 1.79. The number of nitrogens with zero attached hydrogens (tertiary/aromatic N) is 2. The summed E-state index contributed by atoms with van der Waals surface area (Å²) in [4.78, 5) is 11.0. The number of hydrogen-bond donors (Lipinski definition) is 1. The van der Waals surface area contributed by atoms with Crippen LogP contribution in [0.2, 0.25) is 0 Å². The van der Waals surface area contributed by atoms with E-state index in [2.05, 4.69) is 5.10 Å². The lowest BCUT2D eigenvalue weighted by Crippen LogP contribution is -2.03. The van der Waals surface area contributed by atoms with E-state index < -0.39 is 5.97 Å². The summed E-state index contributed by atoms with van der Waals surface area (Å²) in [5.74, 6) is -1.22. The molecule has 0 aliphatic carbocycles. The molecule has 0 atom stereocenters. The van der Waals surface area contributed by atoms with Gasteiger partial charge in [-0.2, -0.15) is 5.10 Å². The predicted molar refractivity (Wildman–Crippen MR) is 60.3 cm³/mol. The Morgan fingerprint density at radius 2 is 2.12 bits per heavy atom. The van der Waals surface area contributed by atoms with E-state index in [0.717, 1.165) is 10.9 Å². The number of carboxylic acid groups (broad SMARTS) is 1. The van der Waals surface area contributed by atoms with E-state index in [0.29, 0.717) is 5.69 Å². The van der Waals surface area contributed by atoms with Gasteiger partial charge in [-0.05, 0) is 6.07 Å². The fraction of sp³-hybridized carbons (Fsp3) is 0. The number of carbonyl (C=O) groups is 1. The van der Waals surface area contributed by atoms with Crippen molar-refractivity contribution in [3.8, 4) is 5.69 Å². The van der Waals surface area contributed by atoms with Crippen LogP contribution in [0.3, 0.4) is 0 Å². The van der Waals surface area contributed by atoms with E-state index in [1.165, 1.54) is 6.26 Å². The van der Waals surface area contributed by atoms with Crippen LogP contribution >= 0.6 is 0 Å². The summed E-state index contributed by atoms with van der Waals surface area (Å²) in [5, 5.41) is 14.1. The second-order valence-corrected chi connectivity index (χ2v) is 3.56. The first-order chi connectivity index (χ1) is 8.27.